The Hall–Kier alpha value is -2.55. The predicted molar refractivity (Wildman–Crippen MR) is 101 cm³/mol. The van der Waals surface area contributed by atoms with Crippen molar-refractivity contribution < 1.29 is 35.1 Å². The number of ether oxygens (including phenoxy) is 1. The van der Waals surface area contributed by atoms with Crippen molar-refractivity contribution in [1.82, 2.24) is 0 Å². The number of benzene rings is 2. The van der Waals surface area contributed by atoms with Gasteiger partial charge in [-0.2, -0.15) is 0 Å². The fraction of sp³-hybridized carbons (Fsp3) is 0.286. The fourth-order valence-corrected chi connectivity index (χ4v) is 3.17. The van der Waals surface area contributed by atoms with E-state index in [2.05, 4.69) is 0 Å². The molecule has 1 unspecified atom stereocenters. The third-order valence-corrected chi connectivity index (χ3v) is 4.77. The number of aromatic hydroxyl groups is 1. The van der Waals surface area contributed by atoms with E-state index in [0.717, 1.165) is 0 Å². The Morgan fingerprint density at radius 1 is 0.964 bits per heavy atom. The lowest BCUT2D eigenvalue weighted by atomic mass is 9.90. The van der Waals surface area contributed by atoms with E-state index in [1.165, 1.54) is 18.2 Å². The molecule has 148 valence electrons. The number of aliphatic hydroxyl groups is 4. The standard InChI is InChI=1S/C21H22O7/c22-11-16-18(25)19(26)20(27)21(28-16)14-8-4-7-13(17(14)24)9-10-15(23)12-5-2-1-3-6-12/h1-10,16,18-22,24-27H,11H2/t16-,18-,19+,20-,21?/m1/s1. The lowest BCUT2D eigenvalue weighted by Gasteiger charge is -2.40. The van der Waals surface area contributed by atoms with Gasteiger partial charge < -0.3 is 30.3 Å². The van der Waals surface area contributed by atoms with Gasteiger partial charge in [0.15, 0.2) is 5.78 Å². The SMILES string of the molecule is O=C(C=Cc1cccc(C2O[C@H](CO)[C@@H](O)[C@H](O)[C@H]2O)c1O)c1ccccc1. The highest BCUT2D eigenvalue weighted by Gasteiger charge is 2.44. The van der Waals surface area contributed by atoms with Crippen molar-refractivity contribution in [2.24, 2.45) is 0 Å². The van der Waals surface area contributed by atoms with Gasteiger partial charge in [-0.15, -0.1) is 0 Å². The molecule has 1 saturated heterocycles. The summed E-state index contributed by atoms with van der Waals surface area (Å²) in [6, 6.07) is 13.3. The zero-order chi connectivity index (χ0) is 20.3. The summed E-state index contributed by atoms with van der Waals surface area (Å²) in [6.45, 7) is -0.562. The van der Waals surface area contributed by atoms with Crippen LogP contribution in [-0.2, 0) is 4.74 Å². The van der Waals surface area contributed by atoms with Crippen LogP contribution in [0.25, 0.3) is 6.08 Å². The Balaban J connectivity index is 1.87. The molecule has 5 N–H and O–H groups in total. The topological polar surface area (TPSA) is 127 Å². The molecule has 1 heterocycles. The van der Waals surface area contributed by atoms with E-state index in [0.29, 0.717) is 11.1 Å². The minimum absolute atomic E-state index is 0.172. The van der Waals surface area contributed by atoms with Gasteiger partial charge in [-0.3, -0.25) is 4.79 Å². The van der Waals surface area contributed by atoms with Crippen molar-refractivity contribution in [2.75, 3.05) is 6.61 Å². The number of phenols is 1. The van der Waals surface area contributed by atoms with Gasteiger partial charge in [0.05, 0.1) is 6.61 Å². The van der Waals surface area contributed by atoms with Crippen LogP contribution in [-0.4, -0.2) is 62.3 Å². The lowest BCUT2D eigenvalue weighted by molar-refractivity contribution is -0.232. The van der Waals surface area contributed by atoms with Gasteiger partial charge in [-0.05, 0) is 12.2 Å². The number of hydrogen-bond donors (Lipinski definition) is 5. The molecule has 1 aliphatic rings. The van der Waals surface area contributed by atoms with Crippen LogP contribution in [0.3, 0.4) is 0 Å². The van der Waals surface area contributed by atoms with E-state index < -0.39 is 37.1 Å². The van der Waals surface area contributed by atoms with Crippen LogP contribution < -0.4 is 0 Å². The second-order valence-corrected chi connectivity index (χ2v) is 6.60. The van der Waals surface area contributed by atoms with Gasteiger partial charge in [-0.1, -0.05) is 48.5 Å². The summed E-state index contributed by atoms with van der Waals surface area (Å²) in [4.78, 5) is 12.2. The molecule has 1 aliphatic heterocycles. The molecular weight excluding hydrogens is 364 g/mol. The maximum atomic E-state index is 12.2. The Bertz CT molecular complexity index is 847. The number of allylic oxidation sites excluding steroid dienone is 1. The maximum absolute atomic E-state index is 12.2. The zero-order valence-corrected chi connectivity index (χ0v) is 14.9. The first-order valence-electron chi connectivity index (χ1n) is 8.84. The van der Waals surface area contributed by atoms with Crippen LogP contribution in [0, 0.1) is 0 Å². The van der Waals surface area contributed by atoms with Crippen LogP contribution in [0.1, 0.15) is 27.6 Å². The monoisotopic (exact) mass is 386 g/mol. The summed E-state index contributed by atoms with van der Waals surface area (Å²) in [6.07, 6.45) is -4.01. The van der Waals surface area contributed by atoms with E-state index in [1.54, 1.807) is 42.5 Å². The average molecular weight is 386 g/mol. The van der Waals surface area contributed by atoms with Crippen molar-refractivity contribution >= 4 is 11.9 Å². The van der Waals surface area contributed by atoms with Crippen LogP contribution in [0.15, 0.2) is 54.6 Å². The molecule has 0 saturated carbocycles. The largest absolute Gasteiger partial charge is 0.507 e. The van der Waals surface area contributed by atoms with Crippen molar-refractivity contribution in [3.63, 3.8) is 0 Å². The Morgan fingerprint density at radius 2 is 1.68 bits per heavy atom. The van der Waals surface area contributed by atoms with E-state index in [-0.39, 0.29) is 17.1 Å². The molecule has 7 heteroatoms. The van der Waals surface area contributed by atoms with Gasteiger partial charge in [-0.25, -0.2) is 0 Å². The molecule has 0 radical (unpaired) electrons. The van der Waals surface area contributed by atoms with Gasteiger partial charge in [0.1, 0.15) is 36.3 Å². The van der Waals surface area contributed by atoms with Crippen LogP contribution in [0.5, 0.6) is 5.75 Å². The first-order chi connectivity index (χ1) is 13.4. The van der Waals surface area contributed by atoms with Gasteiger partial charge >= 0.3 is 0 Å². The Morgan fingerprint density at radius 3 is 2.36 bits per heavy atom. The molecular formula is C21H22O7. The molecule has 0 aliphatic carbocycles. The third-order valence-electron chi connectivity index (χ3n) is 4.77. The summed E-state index contributed by atoms with van der Waals surface area (Å²) in [5, 5.41) is 50.0. The highest BCUT2D eigenvalue weighted by atomic mass is 16.5. The zero-order valence-electron chi connectivity index (χ0n) is 14.9. The maximum Gasteiger partial charge on any atom is 0.185 e. The van der Waals surface area contributed by atoms with E-state index >= 15 is 0 Å². The van der Waals surface area contributed by atoms with E-state index in [1.807, 2.05) is 0 Å². The number of hydrogen-bond acceptors (Lipinski definition) is 7. The van der Waals surface area contributed by atoms with Crippen molar-refractivity contribution in [3.05, 3.63) is 71.3 Å². The summed E-state index contributed by atoms with van der Waals surface area (Å²) >= 11 is 0. The van der Waals surface area contributed by atoms with E-state index in [9.17, 15) is 30.3 Å². The number of para-hydroxylation sites is 1. The first-order valence-corrected chi connectivity index (χ1v) is 8.84. The number of carbonyl (C=O) groups excluding carboxylic acids is 1. The molecule has 3 rings (SSSR count). The third kappa shape index (κ3) is 3.99. The second kappa shape index (κ2) is 8.64. The van der Waals surface area contributed by atoms with Gasteiger partial charge in [0.25, 0.3) is 0 Å². The minimum atomic E-state index is -1.55. The summed E-state index contributed by atoms with van der Waals surface area (Å²) < 4.78 is 5.49. The summed E-state index contributed by atoms with van der Waals surface area (Å²) in [5.41, 5.74) is 0.994. The number of rotatable bonds is 5. The molecule has 0 amide bonds. The quantitative estimate of drug-likeness (QED) is 0.380. The highest BCUT2D eigenvalue weighted by Crippen LogP contribution is 2.38. The normalized spacial score (nSPS) is 27.8. The van der Waals surface area contributed by atoms with Crippen LogP contribution >= 0.6 is 0 Å². The molecule has 0 spiro atoms. The minimum Gasteiger partial charge on any atom is -0.507 e. The van der Waals surface area contributed by atoms with Gasteiger partial charge in [0, 0.05) is 16.7 Å². The average Bonchev–Trinajstić information content (AvgIpc) is 2.72. The molecule has 0 bridgehead atoms. The molecule has 28 heavy (non-hydrogen) atoms. The molecule has 0 aromatic heterocycles. The molecule has 2 aromatic carbocycles. The summed E-state index contributed by atoms with van der Waals surface area (Å²) in [5.74, 6) is -0.470. The van der Waals surface area contributed by atoms with Crippen molar-refractivity contribution in [3.8, 4) is 5.75 Å². The predicted octanol–water partition coefficient (Wildman–Crippen LogP) is 0.803. The molecule has 7 nitrogen and oxygen atoms in total. The van der Waals surface area contributed by atoms with Crippen molar-refractivity contribution in [2.45, 2.75) is 30.5 Å². The summed E-state index contributed by atoms with van der Waals surface area (Å²) in [7, 11) is 0. The Labute approximate surface area is 161 Å². The number of phenolic OH excluding ortho intramolecular Hbond substituents is 1. The van der Waals surface area contributed by atoms with Crippen LogP contribution in [0.2, 0.25) is 0 Å². The Kier molecular flexibility index (Phi) is 6.23. The molecule has 1 fully saturated rings. The van der Waals surface area contributed by atoms with Crippen molar-refractivity contribution in [1.29, 1.82) is 0 Å². The van der Waals surface area contributed by atoms with Gasteiger partial charge in [0.2, 0.25) is 0 Å². The van der Waals surface area contributed by atoms with Crippen LogP contribution in [0.4, 0.5) is 0 Å². The number of aliphatic hydroxyl groups excluding tert-OH is 4. The molecule has 5 atom stereocenters. The molecule has 2 aromatic rings. The second-order valence-electron chi connectivity index (χ2n) is 6.60. The van der Waals surface area contributed by atoms with E-state index in [4.69, 9.17) is 4.74 Å². The first kappa shape index (κ1) is 20.2. The fourth-order valence-electron chi connectivity index (χ4n) is 3.17. The smallest absolute Gasteiger partial charge is 0.185 e. The highest BCUT2D eigenvalue weighted by molar-refractivity contribution is 6.06. The lowest BCUT2D eigenvalue weighted by Crippen LogP contribution is -2.55. The number of ketones is 1. The number of carbonyl (C=O) groups is 1.